The number of aryl methyl sites for hydroxylation is 1. The molecule has 2 aromatic rings. The van der Waals surface area contributed by atoms with Crippen molar-refractivity contribution in [2.24, 2.45) is 0 Å². The van der Waals surface area contributed by atoms with Crippen LogP contribution >= 0.6 is 11.3 Å². The molecule has 0 nitrogen and oxygen atoms in total. The maximum absolute atomic E-state index is 2.39. The molecule has 1 heteroatoms. The summed E-state index contributed by atoms with van der Waals surface area (Å²) in [5, 5.41) is 0. The van der Waals surface area contributed by atoms with E-state index in [9.17, 15) is 0 Å². The Balaban J connectivity index is 2.02. The number of benzene rings is 1. The van der Waals surface area contributed by atoms with Gasteiger partial charge < -0.3 is 0 Å². The Bertz CT molecular complexity index is 945. The fourth-order valence-electron chi connectivity index (χ4n) is 4.22. The highest BCUT2D eigenvalue weighted by molar-refractivity contribution is 7.14. The van der Waals surface area contributed by atoms with Gasteiger partial charge in [-0.2, -0.15) is 0 Å². The van der Waals surface area contributed by atoms with Crippen molar-refractivity contribution in [1.29, 1.82) is 0 Å². The summed E-state index contributed by atoms with van der Waals surface area (Å²) in [6.45, 7) is 11.6. The fourth-order valence-corrected chi connectivity index (χ4v) is 5.64. The van der Waals surface area contributed by atoms with Crippen LogP contribution in [0.3, 0.4) is 0 Å². The molecular weight excluding hydrogens is 320 g/mol. The maximum atomic E-state index is 2.39. The van der Waals surface area contributed by atoms with Crippen molar-refractivity contribution >= 4 is 29.1 Å². The standard InChI is InChI=1S/C24H26S/c1-6-17-18-10-8-7-9-11-21(18)25-23(17)22-16(3)24(4,5)20-13-12-15(2)14-19(20)22/h8-14H,6-7H2,1-5H3. The molecule has 1 aromatic carbocycles. The first kappa shape index (κ1) is 16.6. The summed E-state index contributed by atoms with van der Waals surface area (Å²) in [7, 11) is 0. The van der Waals surface area contributed by atoms with Gasteiger partial charge in [0.05, 0.1) is 0 Å². The second-order valence-electron chi connectivity index (χ2n) is 7.76. The van der Waals surface area contributed by atoms with Crippen molar-refractivity contribution in [3.63, 3.8) is 0 Å². The molecule has 0 N–H and O–H groups in total. The van der Waals surface area contributed by atoms with Gasteiger partial charge in [0.15, 0.2) is 0 Å². The molecule has 1 heterocycles. The molecule has 0 aliphatic heterocycles. The lowest BCUT2D eigenvalue weighted by atomic mass is 9.82. The first-order valence-corrected chi connectivity index (χ1v) is 10.1. The molecule has 128 valence electrons. The topological polar surface area (TPSA) is 0 Å². The summed E-state index contributed by atoms with van der Waals surface area (Å²) in [4.78, 5) is 2.90. The molecule has 0 fully saturated rings. The molecule has 4 rings (SSSR count). The minimum atomic E-state index is 0.108. The third-order valence-corrected chi connectivity index (χ3v) is 7.14. The van der Waals surface area contributed by atoms with Crippen LogP contribution in [0.5, 0.6) is 0 Å². The van der Waals surface area contributed by atoms with E-state index >= 15 is 0 Å². The molecule has 0 spiro atoms. The van der Waals surface area contributed by atoms with Gasteiger partial charge >= 0.3 is 0 Å². The Labute approximate surface area is 155 Å². The number of rotatable bonds is 2. The zero-order chi connectivity index (χ0) is 17.8. The van der Waals surface area contributed by atoms with Gasteiger partial charge in [0.1, 0.15) is 0 Å². The summed E-state index contributed by atoms with van der Waals surface area (Å²) in [6, 6.07) is 6.98. The second-order valence-corrected chi connectivity index (χ2v) is 8.81. The fraction of sp³-hybridized carbons (Fsp3) is 0.333. The number of hydrogen-bond acceptors (Lipinski definition) is 1. The summed E-state index contributed by atoms with van der Waals surface area (Å²) >= 11 is 1.98. The van der Waals surface area contributed by atoms with Crippen LogP contribution in [-0.2, 0) is 11.8 Å². The Morgan fingerprint density at radius 2 is 1.84 bits per heavy atom. The smallest absolute Gasteiger partial charge is 0.0393 e. The average molecular weight is 347 g/mol. The highest BCUT2D eigenvalue weighted by Crippen LogP contribution is 2.51. The largest absolute Gasteiger partial charge is 0.135 e. The first-order chi connectivity index (χ1) is 11.9. The van der Waals surface area contributed by atoms with E-state index in [2.05, 4.69) is 77.1 Å². The van der Waals surface area contributed by atoms with Crippen LogP contribution < -0.4 is 0 Å². The third-order valence-electron chi connectivity index (χ3n) is 5.91. The molecule has 0 bridgehead atoms. The zero-order valence-corrected chi connectivity index (χ0v) is 16.7. The van der Waals surface area contributed by atoms with Crippen LogP contribution in [0, 0.1) is 6.92 Å². The van der Waals surface area contributed by atoms with Gasteiger partial charge in [-0.25, -0.2) is 0 Å². The van der Waals surface area contributed by atoms with Crippen LogP contribution in [0.2, 0.25) is 0 Å². The molecule has 2 aliphatic carbocycles. The third kappa shape index (κ3) is 2.40. The van der Waals surface area contributed by atoms with Crippen molar-refractivity contribution in [3.05, 3.63) is 73.5 Å². The van der Waals surface area contributed by atoms with Gasteiger partial charge in [0.2, 0.25) is 0 Å². The molecule has 2 aliphatic rings. The summed E-state index contributed by atoms with van der Waals surface area (Å²) in [6.07, 6.45) is 11.3. The Kier molecular flexibility index (Phi) is 3.88. The SMILES string of the molecule is CCc1c(C2=C(C)C(C)(C)c3ccc(C)cc32)sc2c1C=CCC=C2. The Morgan fingerprint density at radius 3 is 2.60 bits per heavy atom. The summed E-state index contributed by atoms with van der Waals surface area (Å²) in [5.74, 6) is 0. The van der Waals surface area contributed by atoms with Crippen LogP contribution in [0.4, 0.5) is 0 Å². The highest BCUT2D eigenvalue weighted by atomic mass is 32.1. The van der Waals surface area contributed by atoms with E-state index in [-0.39, 0.29) is 5.41 Å². The molecule has 0 amide bonds. The number of thiophene rings is 1. The van der Waals surface area contributed by atoms with Crippen LogP contribution in [-0.4, -0.2) is 0 Å². The second kappa shape index (κ2) is 5.85. The maximum Gasteiger partial charge on any atom is 0.0393 e. The normalized spacial score (nSPS) is 17.6. The highest BCUT2D eigenvalue weighted by Gasteiger charge is 2.37. The molecule has 0 unspecified atom stereocenters. The van der Waals surface area contributed by atoms with Crippen molar-refractivity contribution in [3.8, 4) is 0 Å². The van der Waals surface area contributed by atoms with Gasteiger partial charge in [0, 0.05) is 15.2 Å². The lowest BCUT2D eigenvalue weighted by Gasteiger charge is -2.22. The van der Waals surface area contributed by atoms with E-state index in [1.54, 1.807) is 0 Å². The minimum absolute atomic E-state index is 0.108. The molecule has 0 saturated carbocycles. The molecule has 0 atom stereocenters. The van der Waals surface area contributed by atoms with Crippen molar-refractivity contribution < 1.29 is 0 Å². The van der Waals surface area contributed by atoms with Crippen molar-refractivity contribution in [2.75, 3.05) is 0 Å². The summed E-state index contributed by atoms with van der Waals surface area (Å²) < 4.78 is 0. The molecule has 0 radical (unpaired) electrons. The lowest BCUT2D eigenvalue weighted by Crippen LogP contribution is -2.15. The van der Waals surface area contributed by atoms with Gasteiger partial charge in [-0.1, -0.05) is 68.3 Å². The van der Waals surface area contributed by atoms with Crippen LogP contribution in [0.25, 0.3) is 17.7 Å². The molecule has 0 saturated heterocycles. The van der Waals surface area contributed by atoms with Crippen molar-refractivity contribution in [2.45, 2.75) is 52.9 Å². The van der Waals surface area contributed by atoms with Gasteiger partial charge in [0.25, 0.3) is 0 Å². The first-order valence-electron chi connectivity index (χ1n) is 9.27. The number of hydrogen-bond donors (Lipinski definition) is 0. The molecule has 1 aromatic heterocycles. The Hall–Kier alpha value is -1.86. The van der Waals surface area contributed by atoms with E-state index in [0.29, 0.717) is 0 Å². The quantitative estimate of drug-likeness (QED) is 0.541. The van der Waals surface area contributed by atoms with Crippen LogP contribution in [0.1, 0.15) is 71.7 Å². The molecular formula is C24H26S. The van der Waals surface area contributed by atoms with Gasteiger partial charge in [-0.3, -0.25) is 0 Å². The van der Waals surface area contributed by atoms with E-state index in [0.717, 1.165) is 12.8 Å². The van der Waals surface area contributed by atoms with E-state index in [1.165, 1.54) is 48.7 Å². The predicted molar refractivity (Wildman–Crippen MR) is 112 cm³/mol. The number of fused-ring (bicyclic) bond motifs is 2. The van der Waals surface area contributed by atoms with E-state index < -0.39 is 0 Å². The average Bonchev–Trinajstić information content (AvgIpc) is 2.87. The zero-order valence-electron chi connectivity index (χ0n) is 15.9. The minimum Gasteiger partial charge on any atom is -0.135 e. The van der Waals surface area contributed by atoms with Gasteiger partial charge in [-0.15, -0.1) is 11.3 Å². The van der Waals surface area contributed by atoms with Crippen LogP contribution in [0.15, 0.2) is 35.9 Å². The monoisotopic (exact) mass is 346 g/mol. The predicted octanol–water partition coefficient (Wildman–Crippen LogP) is 7.16. The van der Waals surface area contributed by atoms with Gasteiger partial charge in [-0.05, 0) is 60.6 Å². The summed E-state index contributed by atoms with van der Waals surface area (Å²) in [5.41, 5.74) is 10.3. The Morgan fingerprint density at radius 1 is 1.08 bits per heavy atom. The van der Waals surface area contributed by atoms with Crippen molar-refractivity contribution in [1.82, 2.24) is 0 Å². The molecule has 25 heavy (non-hydrogen) atoms. The lowest BCUT2D eigenvalue weighted by molar-refractivity contribution is 0.639. The van der Waals surface area contributed by atoms with E-state index in [4.69, 9.17) is 0 Å². The van der Waals surface area contributed by atoms with E-state index in [1.807, 2.05) is 11.3 Å². The number of allylic oxidation sites excluding steroid dienone is 3.